The number of rotatable bonds is 3. The predicted molar refractivity (Wildman–Crippen MR) is 74.5 cm³/mol. The molecule has 1 aromatic rings. The van der Waals surface area contributed by atoms with Gasteiger partial charge < -0.3 is 4.74 Å². The second-order valence-electron chi connectivity index (χ2n) is 3.89. The van der Waals surface area contributed by atoms with Crippen molar-refractivity contribution in [3.05, 3.63) is 70.4 Å². The molecular formula is C15H15BrO. The summed E-state index contributed by atoms with van der Waals surface area (Å²) < 4.78 is 6.87. The van der Waals surface area contributed by atoms with Crippen molar-refractivity contribution in [3.8, 4) is 0 Å². The van der Waals surface area contributed by atoms with Crippen LogP contribution in [0.3, 0.4) is 0 Å². The van der Waals surface area contributed by atoms with Gasteiger partial charge in [0.1, 0.15) is 12.4 Å². The molecule has 17 heavy (non-hydrogen) atoms. The number of hydrogen-bond acceptors (Lipinski definition) is 1. The zero-order chi connectivity index (χ0) is 11.9. The van der Waals surface area contributed by atoms with Crippen LogP contribution in [0.4, 0.5) is 0 Å². The van der Waals surface area contributed by atoms with E-state index in [1.54, 1.807) is 0 Å². The van der Waals surface area contributed by atoms with E-state index in [2.05, 4.69) is 46.3 Å². The second-order valence-corrected chi connectivity index (χ2v) is 4.81. The van der Waals surface area contributed by atoms with Gasteiger partial charge in [-0.1, -0.05) is 46.3 Å². The third-order valence-corrected chi connectivity index (χ3v) is 2.97. The van der Waals surface area contributed by atoms with E-state index in [9.17, 15) is 0 Å². The summed E-state index contributed by atoms with van der Waals surface area (Å²) in [5.41, 5.74) is 1.17. The summed E-state index contributed by atoms with van der Waals surface area (Å²) in [5.74, 6) is 0.953. The van der Waals surface area contributed by atoms with Crippen LogP contribution in [0.25, 0.3) is 0 Å². The molecule has 1 aliphatic carbocycles. The Morgan fingerprint density at radius 1 is 1.18 bits per heavy atom. The van der Waals surface area contributed by atoms with Gasteiger partial charge in [-0.15, -0.1) is 0 Å². The summed E-state index contributed by atoms with van der Waals surface area (Å²) in [6, 6.07) is 8.18. The van der Waals surface area contributed by atoms with Crippen molar-refractivity contribution in [1.29, 1.82) is 0 Å². The van der Waals surface area contributed by atoms with Gasteiger partial charge in [0, 0.05) is 4.47 Å². The number of allylic oxidation sites excluding steroid dienone is 5. The lowest BCUT2D eigenvalue weighted by Gasteiger charge is -2.08. The summed E-state index contributed by atoms with van der Waals surface area (Å²) >= 11 is 3.46. The smallest absolute Gasteiger partial charge is 0.115 e. The Labute approximate surface area is 111 Å². The van der Waals surface area contributed by atoms with Crippen LogP contribution in [0.5, 0.6) is 0 Å². The van der Waals surface area contributed by atoms with Gasteiger partial charge in [-0.25, -0.2) is 0 Å². The fourth-order valence-electron chi connectivity index (χ4n) is 1.62. The summed E-state index contributed by atoms with van der Waals surface area (Å²) in [6.07, 6.45) is 12.5. The van der Waals surface area contributed by atoms with Crippen LogP contribution < -0.4 is 0 Å². The average molecular weight is 291 g/mol. The molecule has 0 aliphatic heterocycles. The molecule has 1 nitrogen and oxygen atoms in total. The quantitative estimate of drug-likeness (QED) is 0.780. The molecule has 2 rings (SSSR count). The van der Waals surface area contributed by atoms with Crippen LogP contribution in [0, 0.1) is 0 Å². The van der Waals surface area contributed by atoms with Crippen molar-refractivity contribution < 1.29 is 4.74 Å². The van der Waals surface area contributed by atoms with E-state index in [0.29, 0.717) is 6.61 Å². The van der Waals surface area contributed by atoms with Crippen LogP contribution in [-0.4, -0.2) is 0 Å². The Balaban J connectivity index is 1.95. The topological polar surface area (TPSA) is 9.23 Å². The third-order valence-electron chi connectivity index (χ3n) is 2.48. The minimum Gasteiger partial charge on any atom is -0.489 e. The molecule has 0 heterocycles. The normalized spacial score (nSPS) is 21.8. The number of ether oxygens (including phenoxy) is 1. The monoisotopic (exact) mass is 290 g/mol. The van der Waals surface area contributed by atoms with E-state index in [4.69, 9.17) is 4.74 Å². The zero-order valence-electron chi connectivity index (χ0n) is 9.60. The van der Waals surface area contributed by atoms with E-state index >= 15 is 0 Å². The Morgan fingerprint density at radius 2 is 2.12 bits per heavy atom. The van der Waals surface area contributed by atoms with Crippen LogP contribution in [-0.2, 0) is 11.3 Å². The Morgan fingerprint density at radius 3 is 3.00 bits per heavy atom. The van der Waals surface area contributed by atoms with Crippen LogP contribution in [0.2, 0.25) is 0 Å². The van der Waals surface area contributed by atoms with E-state index < -0.39 is 0 Å². The highest BCUT2D eigenvalue weighted by molar-refractivity contribution is 9.10. The lowest BCUT2D eigenvalue weighted by molar-refractivity contribution is 0.210. The van der Waals surface area contributed by atoms with Crippen molar-refractivity contribution in [2.45, 2.75) is 19.4 Å². The number of benzene rings is 1. The molecular weight excluding hydrogens is 276 g/mol. The molecule has 0 fully saturated rings. The van der Waals surface area contributed by atoms with E-state index in [1.807, 2.05) is 24.3 Å². The van der Waals surface area contributed by atoms with Crippen LogP contribution in [0.1, 0.15) is 18.4 Å². The minimum absolute atomic E-state index is 0.610. The highest BCUT2D eigenvalue weighted by atomic mass is 79.9. The van der Waals surface area contributed by atoms with E-state index in [-0.39, 0.29) is 0 Å². The Bertz CT molecular complexity index is 458. The molecule has 0 amide bonds. The lowest BCUT2D eigenvalue weighted by atomic mass is 10.2. The summed E-state index contributed by atoms with van der Waals surface area (Å²) in [6.45, 7) is 0.610. The van der Waals surface area contributed by atoms with Crippen molar-refractivity contribution in [2.24, 2.45) is 0 Å². The molecule has 2 heteroatoms. The van der Waals surface area contributed by atoms with Crippen molar-refractivity contribution in [1.82, 2.24) is 0 Å². The summed E-state index contributed by atoms with van der Waals surface area (Å²) in [5, 5.41) is 0. The molecule has 0 radical (unpaired) electrons. The van der Waals surface area contributed by atoms with Gasteiger partial charge in [0.2, 0.25) is 0 Å². The van der Waals surface area contributed by atoms with Gasteiger partial charge in [-0.2, -0.15) is 0 Å². The molecule has 0 saturated heterocycles. The third kappa shape index (κ3) is 4.23. The first-order valence-electron chi connectivity index (χ1n) is 5.75. The SMILES string of the molecule is Brc1cccc(COC2=C/CC\C=C/C=C\2)c1. The fraction of sp³-hybridized carbons (Fsp3) is 0.200. The highest BCUT2D eigenvalue weighted by Gasteiger charge is 1.98. The zero-order valence-corrected chi connectivity index (χ0v) is 11.2. The first-order valence-corrected chi connectivity index (χ1v) is 6.54. The molecule has 0 spiro atoms. The molecule has 0 aromatic heterocycles. The average Bonchev–Trinajstić information content (AvgIpc) is 2.27. The van der Waals surface area contributed by atoms with E-state index in [1.165, 1.54) is 5.56 Å². The van der Waals surface area contributed by atoms with Crippen molar-refractivity contribution in [2.75, 3.05) is 0 Å². The Hall–Kier alpha value is -1.28. The van der Waals surface area contributed by atoms with Crippen molar-refractivity contribution in [3.63, 3.8) is 0 Å². The molecule has 0 atom stereocenters. The maximum Gasteiger partial charge on any atom is 0.115 e. The van der Waals surface area contributed by atoms with Gasteiger partial charge >= 0.3 is 0 Å². The molecule has 0 saturated carbocycles. The maximum absolute atomic E-state index is 5.78. The first kappa shape index (κ1) is 12.2. The molecule has 1 aliphatic rings. The molecule has 0 bridgehead atoms. The summed E-state index contributed by atoms with van der Waals surface area (Å²) in [7, 11) is 0. The second kappa shape index (κ2) is 6.45. The first-order chi connectivity index (χ1) is 8.34. The van der Waals surface area contributed by atoms with Gasteiger partial charge in [-0.3, -0.25) is 0 Å². The van der Waals surface area contributed by atoms with Gasteiger partial charge in [-0.05, 0) is 42.7 Å². The standard InChI is InChI=1S/C15H15BrO/c16-14-8-6-7-13(11-14)12-17-15-9-4-2-1-3-5-10-15/h1-2,4,6-11H,3,5,12H2/b2-1-,9-4-,15-10+. The van der Waals surface area contributed by atoms with Crippen LogP contribution in [0.15, 0.2) is 64.9 Å². The molecule has 1 aromatic carbocycles. The van der Waals surface area contributed by atoms with Crippen molar-refractivity contribution >= 4 is 15.9 Å². The highest BCUT2D eigenvalue weighted by Crippen LogP contribution is 2.15. The van der Waals surface area contributed by atoms with Gasteiger partial charge in [0.05, 0.1) is 0 Å². The number of halogens is 1. The molecule has 0 N–H and O–H groups in total. The largest absolute Gasteiger partial charge is 0.489 e. The lowest BCUT2D eigenvalue weighted by Crippen LogP contribution is -1.92. The van der Waals surface area contributed by atoms with Gasteiger partial charge in [0.15, 0.2) is 0 Å². The van der Waals surface area contributed by atoms with Gasteiger partial charge in [0.25, 0.3) is 0 Å². The Kier molecular flexibility index (Phi) is 4.63. The molecule has 88 valence electrons. The predicted octanol–water partition coefficient (Wildman–Crippen LogP) is 4.76. The van der Waals surface area contributed by atoms with E-state index in [0.717, 1.165) is 23.1 Å². The fourth-order valence-corrected chi connectivity index (χ4v) is 2.06. The van der Waals surface area contributed by atoms with Crippen LogP contribution >= 0.6 is 15.9 Å². The summed E-state index contributed by atoms with van der Waals surface area (Å²) in [4.78, 5) is 0. The number of hydrogen-bond donors (Lipinski definition) is 0. The minimum atomic E-state index is 0.610. The maximum atomic E-state index is 5.78. The molecule has 0 unspecified atom stereocenters.